The molecule has 1 saturated heterocycles. The fraction of sp³-hybridized carbons (Fsp3) is 0.500. The van der Waals surface area contributed by atoms with Crippen molar-refractivity contribution in [2.24, 2.45) is 0 Å². The predicted molar refractivity (Wildman–Crippen MR) is 84.5 cm³/mol. The maximum absolute atomic E-state index is 12.4. The molecule has 3 heterocycles. The van der Waals surface area contributed by atoms with Crippen molar-refractivity contribution in [2.45, 2.75) is 38.6 Å². The van der Waals surface area contributed by atoms with Gasteiger partial charge < -0.3 is 9.47 Å². The summed E-state index contributed by atoms with van der Waals surface area (Å²) in [7, 11) is 0. The van der Waals surface area contributed by atoms with Crippen LogP contribution in [0.3, 0.4) is 0 Å². The number of aryl methyl sites for hydroxylation is 1. The zero-order valence-electron chi connectivity index (χ0n) is 12.4. The summed E-state index contributed by atoms with van der Waals surface area (Å²) in [5.74, 6) is 1.37. The molecule has 1 atom stereocenters. The molecule has 0 bridgehead atoms. The minimum Gasteiger partial charge on any atom is -0.340 e. The molecule has 1 amide bonds. The number of aromatic nitrogens is 2. The van der Waals surface area contributed by atoms with Crippen LogP contribution in [0.2, 0.25) is 0 Å². The Balaban J connectivity index is 1.67. The maximum Gasteiger partial charge on any atom is 0.227 e. The number of nitrogens with zero attached hydrogens (tertiary/aromatic N) is 3. The molecular formula is C16H21N3OS. The van der Waals surface area contributed by atoms with Crippen molar-refractivity contribution in [2.75, 3.05) is 13.1 Å². The lowest BCUT2D eigenvalue weighted by Gasteiger charge is -2.34. The molecule has 1 fully saturated rings. The summed E-state index contributed by atoms with van der Waals surface area (Å²) in [6.07, 6.45) is 7.60. The van der Waals surface area contributed by atoms with Crippen molar-refractivity contribution in [1.29, 1.82) is 0 Å². The van der Waals surface area contributed by atoms with Crippen LogP contribution in [0.25, 0.3) is 0 Å². The molecule has 5 heteroatoms. The molecule has 3 rings (SSSR count). The Labute approximate surface area is 129 Å². The number of carbonyl (C=O) groups is 1. The number of hydrogen-bond donors (Lipinski definition) is 0. The smallest absolute Gasteiger partial charge is 0.227 e. The Hall–Kier alpha value is -1.62. The van der Waals surface area contributed by atoms with Crippen molar-refractivity contribution in [3.05, 3.63) is 40.6 Å². The zero-order chi connectivity index (χ0) is 14.7. The van der Waals surface area contributed by atoms with Gasteiger partial charge >= 0.3 is 0 Å². The van der Waals surface area contributed by atoms with Gasteiger partial charge in [-0.3, -0.25) is 4.79 Å². The zero-order valence-corrected chi connectivity index (χ0v) is 13.2. The van der Waals surface area contributed by atoms with E-state index in [2.05, 4.69) is 22.7 Å². The normalized spacial score (nSPS) is 18.9. The fourth-order valence-corrected chi connectivity index (χ4v) is 3.73. The van der Waals surface area contributed by atoms with Crippen molar-refractivity contribution in [1.82, 2.24) is 14.5 Å². The van der Waals surface area contributed by atoms with Crippen LogP contribution in [0.4, 0.5) is 0 Å². The summed E-state index contributed by atoms with van der Waals surface area (Å²) in [5, 5.41) is 2.03. The second kappa shape index (κ2) is 6.43. The maximum atomic E-state index is 12.4. The third-order valence-corrected chi connectivity index (χ3v) is 4.99. The Kier molecular flexibility index (Phi) is 4.39. The van der Waals surface area contributed by atoms with Gasteiger partial charge in [0.05, 0.1) is 12.5 Å². The van der Waals surface area contributed by atoms with E-state index in [4.69, 9.17) is 0 Å². The Morgan fingerprint density at radius 2 is 2.43 bits per heavy atom. The molecule has 21 heavy (non-hydrogen) atoms. The van der Waals surface area contributed by atoms with E-state index in [-0.39, 0.29) is 5.91 Å². The quantitative estimate of drug-likeness (QED) is 0.871. The number of amides is 1. The third-order valence-electron chi connectivity index (χ3n) is 4.11. The van der Waals surface area contributed by atoms with Gasteiger partial charge in [0, 0.05) is 36.8 Å². The molecule has 112 valence electrons. The van der Waals surface area contributed by atoms with Crippen LogP contribution in [-0.4, -0.2) is 33.4 Å². The van der Waals surface area contributed by atoms with Crippen LogP contribution < -0.4 is 0 Å². The first-order chi connectivity index (χ1) is 10.3. The average Bonchev–Trinajstić information content (AvgIpc) is 3.18. The minimum atomic E-state index is 0.250. The van der Waals surface area contributed by atoms with E-state index in [1.807, 2.05) is 28.6 Å². The number of imidazole rings is 1. The molecule has 0 spiro atoms. The first kappa shape index (κ1) is 14.3. The lowest BCUT2D eigenvalue weighted by molar-refractivity contribution is -0.132. The summed E-state index contributed by atoms with van der Waals surface area (Å²) in [6.45, 7) is 3.83. The molecule has 0 N–H and O–H groups in total. The first-order valence-electron chi connectivity index (χ1n) is 7.59. The third kappa shape index (κ3) is 3.18. The lowest BCUT2D eigenvalue weighted by atomic mass is 10.0. The second-order valence-corrected chi connectivity index (χ2v) is 6.53. The molecule has 2 aromatic rings. The lowest BCUT2D eigenvalue weighted by Crippen LogP contribution is -2.41. The van der Waals surface area contributed by atoms with Crippen molar-refractivity contribution >= 4 is 17.2 Å². The summed E-state index contributed by atoms with van der Waals surface area (Å²) in [5.41, 5.74) is 0. The number of hydrogen-bond acceptors (Lipinski definition) is 3. The van der Waals surface area contributed by atoms with Crippen LogP contribution in [0.1, 0.15) is 36.5 Å². The van der Waals surface area contributed by atoms with E-state index in [0.29, 0.717) is 12.5 Å². The van der Waals surface area contributed by atoms with Gasteiger partial charge in [-0.05, 0) is 24.3 Å². The van der Waals surface area contributed by atoms with Crippen LogP contribution in [0, 0.1) is 0 Å². The van der Waals surface area contributed by atoms with Crippen molar-refractivity contribution < 1.29 is 4.79 Å². The molecular weight excluding hydrogens is 282 g/mol. The van der Waals surface area contributed by atoms with E-state index in [9.17, 15) is 4.79 Å². The Morgan fingerprint density at radius 3 is 3.19 bits per heavy atom. The number of thiophene rings is 1. The molecule has 1 unspecified atom stereocenters. The van der Waals surface area contributed by atoms with Gasteiger partial charge in [-0.1, -0.05) is 13.0 Å². The predicted octanol–water partition coefficient (Wildman–Crippen LogP) is 2.91. The Morgan fingerprint density at radius 1 is 1.52 bits per heavy atom. The van der Waals surface area contributed by atoms with Gasteiger partial charge in [-0.15, -0.1) is 11.3 Å². The SMILES string of the molecule is CCc1nccn1C1CCCN(C(=O)Cc2cccs2)C1. The number of likely N-dealkylation sites (tertiary alicyclic amines) is 1. The van der Waals surface area contributed by atoms with Gasteiger partial charge in [0.1, 0.15) is 5.82 Å². The Bertz CT molecular complexity index is 590. The number of piperidine rings is 1. The molecule has 2 aromatic heterocycles. The highest BCUT2D eigenvalue weighted by Crippen LogP contribution is 2.24. The van der Waals surface area contributed by atoms with Crippen LogP contribution in [0.15, 0.2) is 29.9 Å². The summed E-state index contributed by atoms with van der Waals surface area (Å²) in [6, 6.07) is 4.42. The van der Waals surface area contributed by atoms with Gasteiger partial charge in [0.25, 0.3) is 0 Å². The highest BCUT2D eigenvalue weighted by Gasteiger charge is 2.25. The topological polar surface area (TPSA) is 38.1 Å². The van der Waals surface area contributed by atoms with Gasteiger partial charge in [0.2, 0.25) is 5.91 Å². The van der Waals surface area contributed by atoms with Gasteiger partial charge in [-0.25, -0.2) is 4.98 Å². The summed E-state index contributed by atoms with van der Waals surface area (Å²) >= 11 is 1.66. The first-order valence-corrected chi connectivity index (χ1v) is 8.47. The highest BCUT2D eigenvalue weighted by molar-refractivity contribution is 7.10. The fourth-order valence-electron chi connectivity index (χ4n) is 3.03. The molecule has 0 aromatic carbocycles. The summed E-state index contributed by atoms with van der Waals surface area (Å²) in [4.78, 5) is 20.0. The van der Waals surface area contributed by atoms with E-state index in [1.165, 1.54) is 0 Å². The largest absolute Gasteiger partial charge is 0.340 e. The molecule has 0 radical (unpaired) electrons. The molecule has 0 aliphatic carbocycles. The van der Waals surface area contributed by atoms with Gasteiger partial charge in [0.15, 0.2) is 0 Å². The van der Waals surface area contributed by atoms with E-state index >= 15 is 0 Å². The molecule has 4 nitrogen and oxygen atoms in total. The monoisotopic (exact) mass is 303 g/mol. The molecule has 1 aliphatic rings. The molecule has 1 aliphatic heterocycles. The van der Waals surface area contributed by atoms with Crippen molar-refractivity contribution in [3.8, 4) is 0 Å². The number of carbonyl (C=O) groups excluding carboxylic acids is 1. The van der Waals surface area contributed by atoms with E-state index in [1.54, 1.807) is 11.3 Å². The second-order valence-electron chi connectivity index (χ2n) is 5.50. The van der Waals surface area contributed by atoms with Gasteiger partial charge in [-0.2, -0.15) is 0 Å². The minimum absolute atomic E-state index is 0.250. The van der Waals surface area contributed by atoms with Crippen molar-refractivity contribution in [3.63, 3.8) is 0 Å². The highest BCUT2D eigenvalue weighted by atomic mass is 32.1. The number of rotatable bonds is 4. The standard InChI is InChI=1S/C16H21N3OS/c1-2-15-17-7-9-19(15)13-5-3-8-18(12-13)16(20)11-14-6-4-10-21-14/h4,6-7,9-10,13H,2-3,5,8,11-12H2,1H3. The summed E-state index contributed by atoms with van der Waals surface area (Å²) < 4.78 is 2.25. The van der Waals surface area contributed by atoms with E-state index < -0.39 is 0 Å². The average molecular weight is 303 g/mol. The van der Waals surface area contributed by atoms with Crippen LogP contribution in [0.5, 0.6) is 0 Å². The van der Waals surface area contributed by atoms with Crippen LogP contribution in [-0.2, 0) is 17.6 Å². The van der Waals surface area contributed by atoms with Crippen LogP contribution >= 0.6 is 11.3 Å². The van der Waals surface area contributed by atoms with E-state index in [0.717, 1.165) is 43.1 Å². The molecule has 0 saturated carbocycles.